The second kappa shape index (κ2) is 6.74. The lowest BCUT2D eigenvalue weighted by Gasteiger charge is -2.26. The maximum absolute atomic E-state index is 13.5. The molecule has 2 heterocycles. The number of hydrogen-bond acceptors (Lipinski definition) is 4. The van der Waals surface area contributed by atoms with Crippen LogP contribution < -0.4 is 5.76 Å². The van der Waals surface area contributed by atoms with Crippen molar-refractivity contribution in [3.63, 3.8) is 0 Å². The Morgan fingerprint density at radius 3 is 2.59 bits per heavy atom. The summed E-state index contributed by atoms with van der Waals surface area (Å²) >= 11 is 0. The number of fused-ring (bicyclic) bond motifs is 1. The highest BCUT2D eigenvalue weighted by Gasteiger charge is 2.41. The molecule has 6 nitrogen and oxygen atoms in total. The first-order valence-electron chi connectivity index (χ1n) is 8.88. The lowest BCUT2D eigenvalue weighted by Crippen LogP contribution is -2.31. The lowest BCUT2D eigenvalue weighted by atomic mass is 9.99. The molecule has 1 aromatic heterocycles. The number of hydrogen-bond donors (Lipinski definition) is 0. The molecule has 2 aromatic carbocycles. The van der Waals surface area contributed by atoms with Gasteiger partial charge in [0.2, 0.25) is 10.0 Å². The molecule has 1 fully saturated rings. The Hall–Kier alpha value is -2.59. The largest absolute Gasteiger partial charge is 0.419 e. The second-order valence-electron chi connectivity index (χ2n) is 6.92. The van der Waals surface area contributed by atoms with Crippen LogP contribution in [0, 0.1) is 0 Å². The van der Waals surface area contributed by atoms with E-state index in [2.05, 4.69) is 0 Å². The average molecular weight is 426 g/mol. The maximum atomic E-state index is 13.5. The molecule has 1 unspecified atom stereocenters. The third-order valence-corrected chi connectivity index (χ3v) is 7.10. The summed E-state index contributed by atoms with van der Waals surface area (Å²) in [7, 11) is -2.61. The van der Waals surface area contributed by atoms with Crippen molar-refractivity contribution in [2.24, 2.45) is 7.05 Å². The standard InChI is InChI=1S/C19H17F3N2O4S/c1-23-16-9-8-12(11-17(16)28-18(23)25)29(26,27)24-10-4-7-15(24)13-5-2-3-6-14(13)19(20,21)22/h2-3,5-6,8-9,11,15H,4,7,10H2,1H3. The van der Waals surface area contributed by atoms with E-state index in [0.29, 0.717) is 11.9 Å². The van der Waals surface area contributed by atoms with Gasteiger partial charge in [-0.25, -0.2) is 13.2 Å². The van der Waals surface area contributed by atoms with Crippen molar-refractivity contribution in [2.45, 2.75) is 30.0 Å². The number of rotatable bonds is 3. The smallest absolute Gasteiger partial charge is 0.408 e. The van der Waals surface area contributed by atoms with Crippen LogP contribution >= 0.6 is 0 Å². The van der Waals surface area contributed by atoms with E-state index >= 15 is 0 Å². The number of alkyl halides is 3. The molecule has 4 rings (SSSR count). The van der Waals surface area contributed by atoms with Gasteiger partial charge in [0.25, 0.3) is 0 Å². The summed E-state index contributed by atoms with van der Waals surface area (Å²) in [4.78, 5) is 11.5. The van der Waals surface area contributed by atoms with Gasteiger partial charge in [-0.2, -0.15) is 17.5 Å². The van der Waals surface area contributed by atoms with Gasteiger partial charge in [-0.1, -0.05) is 18.2 Å². The van der Waals surface area contributed by atoms with E-state index in [-0.39, 0.29) is 29.0 Å². The maximum Gasteiger partial charge on any atom is 0.419 e. The Balaban J connectivity index is 1.79. The van der Waals surface area contributed by atoms with Crippen molar-refractivity contribution in [2.75, 3.05) is 6.54 Å². The topological polar surface area (TPSA) is 72.5 Å². The van der Waals surface area contributed by atoms with Crippen molar-refractivity contribution < 1.29 is 26.0 Å². The van der Waals surface area contributed by atoms with Crippen LogP contribution in [0.4, 0.5) is 13.2 Å². The van der Waals surface area contributed by atoms with Gasteiger partial charge in [-0.05, 0) is 36.6 Å². The Labute approximate surface area is 164 Å². The number of aromatic nitrogens is 1. The molecule has 0 amide bonds. The molecule has 29 heavy (non-hydrogen) atoms. The summed E-state index contributed by atoms with van der Waals surface area (Å²) in [6.07, 6.45) is -3.85. The van der Waals surface area contributed by atoms with Gasteiger partial charge >= 0.3 is 11.9 Å². The minimum atomic E-state index is -4.58. The molecule has 10 heteroatoms. The molecule has 3 aromatic rings. The van der Waals surface area contributed by atoms with Crippen molar-refractivity contribution in [3.05, 3.63) is 64.1 Å². The quantitative estimate of drug-likeness (QED) is 0.641. The zero-order valence-electron chi connectivity index (χ0n) is 15.3. The summed E-state index contributed by atoms with van der Waals surface area (Å²) in [6, 6.07) is 8.13. The minimum Gasteiger partial charge on any atom is -0.408 e. The Morgan fingerprint density at radius 1 is 1.14 bits per heavy atom. The first-order chi connectivity index (χ1) is 13.6. The summed E-state index contributed by atoms with van der Waals surface area (Å²) in [6.45, 7) is 0.107. The molecule has 1 aliphatic heterocycles. The SMILES string of the molecule is Cn1c(=O)oc2cc(S(=O)(=O)N3CCCC3c3ccccc3C(F)(F)F)ccc21. The average Bonchev–Trinajstić information content (AvgIpc) is 3.27. The van der Waals surface area contributed by atoms with Crippen LogP contribution in [0.25, 0.3) is 11.1 Å². The summed E-state index contributed by atoms with van der Waals surface area (Å²) < 4.78 is 74.2. The Bertz CT molecular complexity index is 1240. The summed E-state index contributed by atoms with van der Waals surface area (Å²) in [5, 5.41) is 0. The van der Waals surface area contributed by atoms with Crippen LogP contribution in [0.5, 0.6) is 0 Å². The van der Waals surface area contributed by atoms with Crippen molar-refractivity contribution in [1.82, 2.24) is 8.87 Å². The molecule has 1 saturated heterocycles. The molecule has 154 valence electrons. The highest BCUT2D eigenvalue weighted by Crippen LogP contribution is 2.42. The first-order valence-corrected chi connectivity index (χ1v) is 10.3. The fourth-order valence-corrected chi connectivity index (χ4v) is 5.48. The van der Waals surface area contributed by atoms with Gasteiger partial charge in [0.05, 0.1) is 22.0 Å². The molecule has 0 saturated carbocycles. The van der Waals surface area contributed by atoms with Crippen molar-refractivity contribution in [3.8, 4) is 0 Å². The number of sulfonamides is 1. The van der Waals surface area contributed by atoms with Gasteiger partial charge in [-0.15, -0.1) is 0 Å². The van der Waals surface area contributed by atoms with Crippen LogP contribution in [0.3, 0.4) is 0 Å². The van der Waals surface area contributed by atoms with Gasteiger partial charge < -0.3 is 4.42 Å². The van der Waals surface area contributed by atoms with Crippen LogP contribution in [-0.4, -0.2) is 23.8 Å². The van der Waals surface area contributed by atoms with E-state index in [1.807, 2.05) is 0 Å². The molecule has 0 bridgehead atoms. The van der Waals surface area contributed by atoms with Crippen LogP contribution in [0.1, 0.15) is 30.0 Å². The molecule has 0 aliphatic carbocycles. The fraction of sp³-hybridized carbons (Fsp3) is 0.316. The van der Waals surface area contributed by atoms with Gasteiger partial charge in [0.1, 0.15) is 0 Å². The summed E-state index contributed by atoms with van der Waals surface area (Å²) in [5.41, 5.74) is -0.371. The zero-order chi connectivity index (χ0) is 21.0. The number of aryl methyl sites for hydroxylation is 1. The normalized spacial score (nSPS) is 18.6. The van der Waals surface area contributed by atoms with Gasteiger partial charge in [0, 0.05) is 19.7 Å². The molecule has 0 spiro atoms. The highest BCUT2D eigenvalue weighted by atomic mass is 32.2. The predicted octanol–water partition coefficient (Wildman–Crippen LogP) is 3.68. The number of nitrogens with zero attached hydrogens (tertiary/aromatic N) is 2. The van der Waals surface area contributed by atoms with Crippen molar-refractivity contribution >= 4 is 21.1 Å². The fourth-order valence-electron chi connectivity index (χ4n) is 3.79. The van der Waals surface area contributed by atoms with E-state index in [0.717, 1.165) is 10.4 Å². The molecule has 0 N–H and O–H groups in total. The van der Waals surface area contributed by atoms with Crippen LogP contribution in [0.15, 0.2) is 56.6 Å². The second-order valence-corrected chi connectivity index (χ2v) is 8.81. The Kier molecular flexibility index (Phi) is 4.58. The zero-order valence-corrected chi connectivity index (χ0v) is 16.1. The summed E-state index contributed by atoms with van der Waals surface area (Å²) in [5.74, 6) is -0.632. The molecule has 1 aliphatic rings. The highest BCUT2D eigenvalue weighted by molar-refractivity contribution is 7.89. The van der Waals surface area contributed by atoms with E-state index in [1.165, 1.54) is 48.0 Å². The van der Waals surface area contributed by atoms with Crippen LogP contribution in [0.2, 0.25) is 0 Å². The predicted molar refractivity (Wildman–Crippen MR) is 98.8 cm³/mol. The lowest BCUT2D eigenvalue weighted by molar-refractivity contribution is -0.138. The number of halogens is 3. The van der Waals surface area contributed by atoms with Gasteiger partial charge in [-0.3, -0.25) is 4.57 Å². The molecular weight excluding hydrogens is 409 g/mol. The van der Waals surface area contributed by atoms with Crippen LogP contribution in [-0.2, 0) is 23.2 Å². The molecular formula is C19H17F3N2O4S. The van der Waals surface area contributed by atoms with Gasteiger partial charge in [0.15, 0.2) is 5.58 Å². The van der Waals surface area contributed by atoms with Crippen molar-refractivity contribution in [1.29, 1.82) is 0 Å². The molecule has 1 atom stereocenters. The number of oxazole rings is 1. The Morgan fingerprint density at radius 2 is 1.86 bits per heavy atom. The minimum absolute atomic E-state index is 0.0617. The number of benzene rings is 2. The van der Waals surface area contributed by atoms with E-state index < -0.39 is 33.6 Å². The van der Waals surface area contributed by atoms with E-state index in [1.54, 1.807) is 0 Å². The molecule has 0 radical (unpaired) electrons. The van der Waals surface area contributed by atoms with E-state index in [9.17, 15) is 26.4 Å². The third-order valence-electron chi connectivity index (χ3n) is 5.20. The van der Waals surface area contributed by atoms with E-state index in [4.69, 9.17) is 4.42 Å². The third kappa shape index (κ3) is 3.25. The monoisotopic (exact) mass is 426 g/mol. The first kappa shape index (κ1) is 19.7.